The van der Waals surface area contributed by atoms with Crippen molar-refractivity contribution >= 4 is 39.7 Å². The average Bonchev–Trinajstić information content (AvgIpc) is 3.40. The second kappa shape index (κ2) is 10.1. The molecule has 0 saturated heterocycles. The van der Waals surface area contributed by atoms with Crippen LogP contribution in [0.5, 0.6) is 0 Å². The first-order chi connectivity index (χ1) is 11.9. The van der Waals surface area contributed by atoms with Gasteiger partial charge in [-0.3, -0.25) is 4.79 Å². The molecule has 0 radical (unpaired) electrons. The van der Waals surface area contributed by atoms with E-state index in [1.165, 1.54) is 23.2 Å². The molecule has 1 aromatic rings. The van der Waals surface area contributed by atoms with Gasteiger partial charge < -0.3 is 16.0 Å². The van der Waals surface area contributed by atoms with Crippen LogP contribution in [0.2, 0.25) is 0 Å². The third kappa shape index (κ3) is 5.84. The Morgan fingerprint density at radius 2 is 1.85 bits per heavy atom. The molecule has 0 heterocycles. The summed E-state index contributed by atoms with van der Waals surface area (Å²) in [5.74, 6) is 0.512. The van der Waals surface area contributed by atoms with Crippen molar-refractivity contribution in [2.45, 2.75) is 31.6 Å². The molecule has 1 fully saturated rings. The van der Waals surface area contributed by atoms with E-state index >= 15 is 0 Å². The van der Waals surface area contributed by atoms with Gasteiger partial charge in [0.15, 0.2) is 0 Å². The van der Waals surface area contributed by atoms with E-state index in [1.54, 1.807) is 33.0 Å². The molecule has 26 heavy (non-hydrogen) atoms. The third-order valence-corrected chi connectivity index (χ3v) is 6.34. The number of hydrogen-bond acceptors (Lipinski definition) is 5. The Morgan fingerprint density at radius 1 is 1.19 bits per heavy atom. The Kier molecular flexibility index (Phi) is 8.82. The monoisotopic (exact) mass is 404 g/mol. The molecule has 1 amide bonds. The van der Waals surface area contributed by atoms with Gasteiger partial charge in [0, 0.05) is 20.1 Å². The number of carbonyl (C=O) groups is 1. The molecule has 1 aliphatic rings. The van der Waals surface area contributed by atoms with Gasteiger partial charge in [-0.15, -0.1) is 12.4 Å². The van der Waals surface area contributed by atoms with Crippen LogP contribution in [0.25, 0.3) is 0 Å². The lowest BCUT2D eigenvalue weighted by Crippen LogP contribution is -2.31. The Balaban J connectivity index is 0.00000338. The molecule has 7 nitrogen and oxygen atoms in total. The van der Waals surface area contributed by atoms with Gasteiger partial charge in [0.25, 0.3) is 0 Å². The fourth-order valence-corrected chi connectivity index (χ4v) is 4.11. The van der Waals surface area contributed by atoms with Gasteiger partial charge >= 0.3 is 0 Å². The van der Waals surface area contributed by atoms with E-state index in [0.29, 0.717) is 30.4 Å². The van der Waals surface area contributed by atoms with Crippen LogP contribution in [-0.2, 0) is 14.8 Å². The zero-order chi connectivity index (χ0) is 18.4. The maximum atomic E-state index is 12.7. The summed E-state index contributed by atoms with van der Waals surface area (Å²) in [7, 11) is -1.83. The molecule has 0 unspecified atom stereocenters. The first-order valence-electron chi connectivity index (χ1n) is 8.74. The summed E-state index contributed by atoms with van der Waals surface area (Å²) in [6.45, 7) is 5.47. The maximum Gasteiger partial charge on any atom is 0.243 e. The van der Waals surface area contributed by atoms with Crippen LogP contribution in [0.1, 0.15) is 26.7 Å². The number of nitrogens with zero attached hydrogens (tertiary/aromatic N) is 1. The molecule has 3 N–H and O–H groups in total. The van der Waals surface area contributed by atoms with Gasteiger partial charge in [0.2, 0.25) is 15.9 Å². The summed E-state index contributed by atoms with van der Waals surface area (Å²) in [5, 5.41) is 8.90. The number of carbonyl (C=O) groups excluding carboxylic acids is 1. The molecule has 1 aromatic carbocycles. The molecule has 148 valence electrons. The number of nitrogens with one attached hydrogen (secondary N) is 3. The maximum absolute atomic E-state index is 12.7. The minimum atomic E-state index is -3.57. The van der Waals surface area contributed by atoms with Crippen LogP contribution in [0.3, 0.4) is 0 Å². The first kappa shape index (κ1) is 22.7. The zero-order valence-electron chi connectivity index (χ0n) is 15.5. The Labute approximate surface area is 162 Å². The van der Waals surface area contributed by atoms with E-state index in [4.69, 9.17) is 0 Å². The van der Waals surface area contributed by atoms with Crippen molar-refractivity contribution in [1.82, 2.24) is 9.62 Å². The van der Waals surface area contributed by atoms with Gasteiger partial charge in [-0.1, -0.05) is 13.8 Å². The van der Waals surface area contributed by atoms with Crippen LogP contribution in [-0.4, -0.2) is 51.9 Å². The van der Waals surface area contributed by atoms with Crippen molar-refractivity contribution in [3.8, 4) is 0 Å². The molecular weight excluding hydrogens is 376 g/mol. The normalized spacial score (nSPS) is 14.0. The highest BCUT2D eigenvalue weighted by atomic mass is 35.5. The van der Waals surface area contributed by atoms with Crippen LogP contribution in [0, 0.1) is 5.92 Å². The predicted molar refractivity (Wildman–Crippen MR) is 108 cm³/mol. The Bertz CT molecular complexity index is 704. The number of halogens is 1. The number of benzene rings is 1. The van der Waals surface area contributed by atoms with E-state index in [9.17, 15) is 13.2 Å². The summed E-state index contributed by atoms with van der Waals surface area (Å²) >= 11 is 0. The fraction of sp³-hybridized carbons (Fsp3) is 0.588. The summed E-state index contributed by atoms with van der Waals surface area (Å²) in [5.41, 5.74) is 1.14. The Morgan fingerprint density at radius 3 is 2.38 bits per heavy atom. The minimum Gasteiger partial charge on any atom is -0.386 e. The van der Waals surface area contributed by atoms with Crippen molar-refractivity contribution in [3.63, 3.8) is 0 Å². The number of sulfonamides is 1. The van der Waals surface area contributed by atoms with Gasteiger partial charge in [0.1, 0.15) is 0 Å². The van der Waals surface area contributed by atoms with Crippen molar-refractivity contribution < 1.29 is 13.2 Å². The van der Waals surface area contributed by atoms with E-state index in [-0.39, 0.29) is 29.8 Å². The van der Waals surface area contributed by atoms with Crippen molar-refractivity contribution in [1.29, 1.82) is 0 Å². The lowest BCUT2D eigenvalue weighted by molar-refractivity contribution is -0.115. The summed E-state index contributed by atoms with van der Waals surface area (Å²) in [6, 6.07) is 4.74. The topological polar surface area (TPSA) is 90.5 Å². The number of hydrogen-bond donors (Lipinski definition) is 3. The largest absolute Gasteiger partial charge is 0.386 e. The summed E-state index contributed by atoms with van der Waals surface area (Å²) in [4.78, 5) is 12.3. The van der Waals surface area contributed by atoms with E-state index < -0.39 is 10.0 Å². The Hall–Kier alpha value is -1.35. The van der Waals surface area contributed by atoms with Crippen LogP contribution >= 0.6 is 12.4 Å². The van der Waals surface area contributed by atoms with Crippen molar-refractivity contribution in [2.75, 3.05) is 43.9 Å². The molecule has 1 aliphatic carbocycles. The highest BCUT2D eigenvalue weighted by molar-refractivity contribution is 7.89. The molecule has 1 saturated carbocycles. The molecule has 9 heteroatoms. The van der Waals surface area contributed by atoms with Gasteiger partial charge in [-0.2, -0.15) is 4.31 Å². The summed E-state index contributed by atoms with van der Waals surface area (Å²) in [6.07, 6.45) is 2.45. The quantitative estimate of drug-likeness (QED) is 0.555. The summed E-state index contributed by atoms with van der Waals surface area (Å²) < 4.78 is 26.7. The molecule has 0 atom stereocenters. The number of rotatable bonds is 10. The number of amides is 1. The second-order valence-corrected chi connectivity index (χ2v) is 8.11. The average molecular weight is 405 g/mol. The van der Waals surface area contributed by atoms with Crippen LogP contribution in [0.4, 0.5) is 11.4 Å². The first-order valence-corrected chi connectivity index (χ1v) is 10.2. The SMILES string of the molecule is CCN(CC)S(=O)(=O)c1ccc(NC)c(NC(=O)CNCC2CC2)c1.Cl. The van der Waals surface area contributed by atoms with Gasteiger partial charge in [-0.05, 0) is 43.5 Å². The highest BCUT2D eigenvalue weighted by Gasteiger charge is 2.23. The molecule has 0 bridgehead atoms. The van der Waals surface area contributed by atoms with Crippen LogP contribution in [0.15, 0.2) is 23.1 Å². The minimum absolute atomic E-state index is 0. The van der Waals surface area contributed by atoms with Gasteiger partial charge in [-0.25, -0.2) is 8.42 Å². The molecule has 0 aromatic heterocycles. The van der Waals surface area contributed by atoms with E-state index in [0.717, 1.165) is 6.54 Å². The predicted octanol–water partition coefficient (Wildman–Crippen LogP) is 2.12. The van der Waals surface area contributed by atoms with Gasteiger partial charge in [0.05, 0.1) is 22.8 Å². The third-order valence-electron chi connectivity index (χ3n) is 4.29. The van der Waals surface area contributed by atoms with Crippen molar-refractivity contribution in [3.05, 3.63) is 18.2 Å². The van der Waals surface area contributed by atoms with E-state index in [1.807, 2.05) is 0 Å². The van der Waals surface area contributed by atoms with E-state index in [2.05, 4.69) is 16.0 Å². The standard InChI is InChI=1S/C17H28N4O3S.ClH/c1-4-21(5-2)25(23,24)14-8-9-15(18-3)16(10-14)20-17(22)12-19-11-13-6-7-13;/h8-10,13,18-19H,4-7,11-12H2,1-3H3,(H,20,22);1H. The molecular formula is C17H29ClN4O3S. The number of anilines is 2. The van der Waals surface area contributed by atoms with Crippen LogP contribution < -0.4 is 16.0 Å². The molecule has 2 rings (SSSR count). The molecule has 0 spiro atoms. The van der Waals surface area contributed by atoms with Crippen molar-refractivity contribution in [2.24, 2.45) is 5.92 Å². The fourth-order valence-electron chi connectivity index (χ4n) is 2.62. The smallest absolute Gasteiger partial charge is 0.243 e. The second-order valence-electron chi connectivity index (χ2n) is 6.17. The molecule has 0 aliphatic heterocycles. The lowest BCUT2D eigenvalue weighted by Gasteiger charge is -2.20. The highest BCUT2D eigenvalue weighted by Crippen LogP contribution is 2.28. The zero-order valence-corrected chi connectivity index (χ0v) is 17.2. The lowest BCUT2D eigenvalue weighted by atomic mass is 10.2.